The summed E-state index contributed by atoms with van der Waals surface area (Å²) in [5.74, 6) is 1.74. The van der Waals surface area contributed by atoms with Gasteiger partial charge in [0.05, 0.1) is 13.2 Å². The highest BCUT2D eigenvalue weighted by molar-refractivity contribution is 5.92. The van der Waals surface area contributed by atoms with Crippen LogP contribution in [0, 0.1) is 0 Å². The van der Waals surface area contributed by atoms with Gasteiger partial charge in [-0.3, -0.25) is 4.79 Å². The summed E-state index contributed by atoms with van der Waals surface area (Å²) in [5, 5.41) is 2.12. The zero-order valence-corrected chi connectivity index (χ0v) is 15.9. The van der Waals surface area contributed by atoms with Gasteiger partial charge in [-0.2, -0.15) is 0 Å². The van der Waals surface area contributed by atoms with Crippen molar-refractivity contribution in [2.75, 3.05) is 13.7 Å². The topological polar surface area (TPSA) is 64.8 Å². The Bertz CT molecular complexity index is 1020. The molecule has 0 aliphatic carbocycles. The number of benzene rings is 2. The van der Waals surface area contributed by atoms with Crippen LogP contribution in [0.1, 0.15) is 29.7 Å². The van der Waals surface area contributed by atoms with Crippen LogP contribution in [0.3, 0.4) is 0 Å². The Hall–Kier alpha value is -3.28. The van der Waals surface area contributed by atoms with Crippen molar-refractivity contribution < 1.29 is 18.7 Å². The van der Waals surface area contributed by atoms with Crippen molar-refractivity contribution in [3.63, 3.8) is 0 Å². The van der Waals surface area contributed by atoms with Crippen LogP contribution < -0.4 is 9.47 Å². The highest BCUT2D eigenvalue weighted by Gasteiger charge is 2.26. The number of hydrogen-bond acceptors (Lipinski definition) is 5. The van der Waals surface area contributed by atoms with E-state index < -0.39 is 0 Å². The Kier molecular flexibility index (Phi) is 5.02. The van der Waals surface area contributed by atoms with Crippen molar-refractivity contribution >= 4 is 16.7 Å². The number of carbonyl (C=O) groups is 1. The number of carbonyl (C=O) groups excluding carboxylic acids is 1. The third kappa shape index (κ3) is 3.58. The minimum atomic E-state index is -0.121. The second-order valence-corrected chi connectivity index (χ2v) is 6.65. The first kappa shape index (κ1) is 18.1. The average Bonchev–Trinajstić information content (AvgIpc) is 3.40. The molecule has 2 aromatic carbocycles. The maximum atomic E-state index is 12.6. The molecule has 1 unspecified atom stereocenters. The van der Waals surface area contributed by atoms with E-state index in [-0.39, 0.29) is 18.6 Å². The molecule has 28 heavy (non-hydrogen) atoms. The Morgan fingerprint density at radius 3 is 2.79 bits per heavy atom. The molecule has 6 nitrogen and oxygen atoms in total. The van der Waals surface area contributed by atoms with Crippen LogP contribution in [-0.4, -0.2) is 35.5 Å². The molecule has 0 bridgehead atoms. The van der Waals surface area contributed by atoms with Gasteiger partial charge >= 0.3 is 0 Å². The molecule has 0 saturated heterocycles. The minimum absolute atomic E-state index is 0.121. The standard InChI is InChI=1S/C22H22N2O4/c1-3-17-5-4-10-24(17)22(25)20-13-28-21(23-20)14-27-19-9-7-15-6-8-18(26-2)11-16(15)12-19/h4-9,11-13,17H,3,10,14H2,1-2H3. The van der Waals surface area contributed by atoms with E-state index >= 15 is 0 Å². The monoisotopic (exact) mass is 378 g/mol. The van der Waals surface area contributed by atoms with Gasteiger partial charge in [-0.05, 0) is 41.5 Å². The molecule has 1 amide bonds. The molecule has 4 rings (SSSR count). The number of ether oxygens (including phenoxy) is 2. The fraction of sp³-hybridized carbons (Fsp3) is 0.273. The highest BCUT2D eigenvalue weighted by atomic mass is 16.5. The second-order valence-electron chi connectivity index (χ2n) is 6.65. The lowest BCUT2D eigenvalue weighted by molar-refractivity contribution is 0.0741. The molecule has 144 valence electrons. The first-order chi connectivity index (χ1) is 13.7. The predicted molar refractivity (Wildman–Crippen MR) is 106 cm³/mol. The van der Waals surface area contributed by atoms with Crippen LogP contribution in [-0.2, 0) is 6.61 Å². The van der Waals surface area contributed by atoms with Crippen molar-refractivity contribution in [3.05, 3.63) is 66.4 Å². The number of hydrogen-bond donors (Lipinski definition) is 0. The quantitative estimate of drug-likeness (QED) is 0.601. The van der Waals surface area contributed by atoms with Crippen molar-refractivity contribution in [1.29, 1.82) is 0 Å². The van der Waals surface area contributed by atoms with Gasteiger partial charge in [0.25, 0.3) is 5.91 Å². The van der Waals surface area contributed by atoms with E-state index in [0.717, 1.165) is 22.9 Å². The molecule has 1 atom stereocenters. The third-order valence-corrected chi connectivity index (χ3v) is 4.89. The molecule has 3 aromatic rings. The van der Waals surface area contributed by atoms with Crippen molar-refractivity contribution in [2.24, 2.45) is 0 Å². The summed E-state index contributed by atoms with van der Waals surface area (Å²) in [6, 6.07) is 11.8. The highest BCUT2D eigenvalue weighted by Crippen LogP contribution is 2.25. The molecular weight excluding hydrogens is 356 g/mol. The normalized spacial score (nSPS) is 15.9. The summed E-state index contributed by atoms with van der Waals surface area (Å²) in [5.41, 5.74) is 0.309. The van der Waals surface area contributed by atoms with E-state index in [1.807, 2.05) is 42.5 Å². The van der Waals surface area contributed by atoms with E-state index in [9.17, 15) is 4.79 Å². The van der Waals surface area contributed by atoms with E-state index in [1.54, 1.807) is 12.0 Å². The lowest BCUT2D eigenvalue weighted by Crippen LogP contribution is -2.35. The molecule has 2 heterocycles. The number of nitrogens with zero attached hydrogens (tertiary/aromatic N) is 2. The van der Waals surface area contributed by atoms with Gasteiger partial charge in [0.1, 0.15) is 17.8 Å². The minimum Gasteiger partial charge on any atom is -0.497 e. The van der Waals surface area contributed by atoms with Crippen LogP contribution in [0.25, 0.3) is 10.8 Å². The summed E-state index contributed by atoms with van der Waals surface area (Å²) in [6.45, 7) is 2.82. The average molecular weight is 378 g/mol. The van der Waals surface area contributed by atoms with Gasteiger partial charge in [-0.15, -0.1) is 0 Å². The van der Waals surface area contributed by atoms with E-state index in [0.29, 0.717) is 23.9 Å². The van der Waals surface area contributed by atoms with Crippen LogP contribution in [0.4, 0.5) is 0 Å². The Morgan fingerprint density at radius 1 is 1.21 bits per heavy atom. The second kappa shape index (κ2) is 7.76. The van der Waals surface area contributed by atoms with Gasteiger partial charge in [-0.25, -0.2) is 4.98 Å². The number of fused-ring (bicyclic) bond motifs is 1. The van der Waals surface area contributed by atoms with Crippen molar-refractivity contribution in [2.45, 2.75) is 26.0 Å². The number of amides is 1. The molecule has 0 radical (unpaired) electrons. The van der Waals surface area contributed by atoms with Crippen LogP contribution >= 0.6 is 0 Å². The summed E-state index contributed by atoms with van der Waals surface area (Å²) < 4.78 is 16.5. The number of rotatable bonds is 6. The molecule has 0 N–H and O–H groups in total. The molecule has 0 saturated carbocycles. The molecule has 1 aliphatic rings. The number of methoxy groups -OCH3 is 1. The largest absolute Gasteiger partial charge is 0.497 e. The fourth-order valence-corrected chi connectivity index (χ4v) is 3.35. The van der Waals surface area contributed by atoms with E-state index in [1.165, 1.54) is 6.26 Å². The summed E-state index contributed by atoms with van der Waals surface area (Å²) in [6.07, 6.45) is 6.34. The maximum Gasteiger partial charge on any atom is 0.276 e. The Morgan fingerprint density at radius 2 is 2.00 bits per heavy atom. The van der Waals surface area contributed by atoms with Gasteiger partial charge in [0.15, 0.2) is 12.3 Å². The lowest BCUT2D eigenvalue weighted by Gasteiger charge is -2.22. The van der Waals surface area contributed by atoms with Crippen LogP contribution in [0.2, 0.25) is 0 Å². The van der Waals surface area contributed by atoms with Crippen molar-refractivity contribution in [1.82, 2.24) is 9.88 Å². The molecule has 0 spiro atoms. The van der Waals surface area contributed by atoms with Gasteiger partial charge in [0, 0.05) is 6.54 Å². The summed E-state index contributed by atoms with van der Waals surface area (Å²) in [4.78, 5) is 18.7. The molecule has 1 aromatic heterocycles. The maximum absolute atomic E-state index is 12.6. The van der Waals surface area contributed by atoms with E-state index in [2.05, 4.69) is 18.0 Å². The Labute approximate surface area is 163 Å². The zero-order valence-electron chi connectivity index (χ0n) is 15.9. The molecular formula is C22H22N2O4. The molecule has 0 fully saturated rings. The fourth-order valence-electron chi connectivity index (χ4n) is 3.35. The van der Waals surface area contributed by atoms with Crippen LogP contribution in [0.15, 0.2) is 59.2 Å². The number of aromatic nitrogens is 1. The van der Waals surface area contributed by atoms with Gasteiger partial charge in [-0.1, -0.05) is 31.2 Å². The van der Waals surface area contributed by atoms with Crippen molar-refractivity contribution in [3.8, 4) is 11.5 Å². The SMILES string of the molecule is CCC1C=CCN1C(=O)c1coc(COc2ccc3ccc(OC)cc3c2)n1. The first-order valence-corrected chi connectivity index (χ1v) is 9.30. The zero-order chi connectivity index (χ0) is 19.5. The molecule has 1 aliphatic heterocycles. The van der Waals surface area contributed by atoms with Gasteiger partial charge in [0.2, 0.25) is 5.89 Å². The predicted octanol–water partition coefficient (Wildman–Crippen LogP) is 4.21. The molecule has 6 heteroatoms. The Balaban J connectivity index is 1.43. The summed E-state index contributed by atoms with van der Waals surface area (Å²) in [7, 11) is 1.64. The first-order valence-electron chi connectivity index (χ1n) is 9.30. The summed E-state index contributed by atoms with van der Waals surface area (Å²) >= 11 is 0. The lowest BCUT2D eigenvalue weighted by atomic mass is 10.1. The third-order valence-electron chi connectivity index (χ3n) is 4.89. The number of oxazole rings is 1. The van der Waals surface area contributed by atoms with Crippen LogP contribution in [0.5, 0.6) is 11.5 Å². The smallest absolute Gasteiger partial charge is 0.276 e. The van der Waals surface area contributed by atoms with E-state index in [4.69, 9.17) is 13.9 Å². The van der Waals surface area contributed by atoms with Gasteiger partial charge < -0.3 is 18.8 Å².